The third-order valence-corrected chi connectivity index (χ3v) is 8.21. The lowest BCUT2D eigenvalue weighted by Gasteiger charge is -2.28. The molecule has 2 aliphatic rings. The fraction of sp³-hybridized carbons (Fsp3) is 0.500. The van der Waals surface area contributed by atoms with Crippen LogP contribution in [0.2, 0.25) is 0 Å². The summed E-state index contributed by atoms with van der Waals surface area (Å²) in [7, 11) is 0. The van der Waals surface area contributed by atoms with Crippen LogP contribution in [0.3, 0.4) is 0 Å². The summed E-state index contributed by atoms with van der Waals surface area (Å²) in [5.74, 6) is -7.10. The number of nitrogens with one attached hydrogen (secondary N) is 6. The zero-order valence-electron chi connectivity index (χ0n) is 25.8. The fourth-order valence-corrected chi connectivity index (χ4v) is 5.78. The number of aliphatic carboxylic acids is 2. The smallest absolute Gasteiger partial charge is 0.326 e. The van der Waals surface area contributed by atoms with E-state index in [-0.39, 0.29) is 19.4 Å². The number of nitrogens with zero attached hydrogens (tertiary/aromatic N) is 1. The molecule has 0 aliphatic carbocycles. The van der Waals surface area contributed by atoms with E-state index in [1.807, 2.05) is 0 Å². The Hall–Kier alpha value is -5.07. The first-order valence-corrected chi connectivity index (χ1v) is 15.4. The van der Waals surface area contributed by atoms with E-state index in [9.17, 15) is 54.0 Å². The number of aromatic amines is 1. The maximum absolute atomic E-state index is 13.2. The number of rotatable bonds is 15. The van der Waals surface area contributed by atoms with E-state index in [2.05, 4.69) is 31.6 Å². The number of benzene rings is 1. The quantitative estimate of drug-likeness (QED) is 0.0884. The molecule has 1 aromatic heterocycles. The van der Waals surface area contributed by atoms with Crippen LogP contribution in [-0.2, 0) is 40.0 Å². The van der Waals surface area contributed by atoms with Crippen LogP contribution in [0.5, 0.6) is 0 Å². The van der Waals surface area contributed by atoms with Crippen LogP contribution in [0, 0.1) is 0 Å². The highest BCUT2D eigenvalue weighted by atomic mass is 16.4. The number of fused-ring (bicyclic) bond motifs is 1. The van der Waals surface area contributed by atoms with Gasteiger partial charge in [0.05, 0.1) is 31.7 Å². The molecule has 18 nitrogen and oxygen atoms in total. The molecular formula is C30H39N7O11. The van der Waals surface area contributed by atoms with E-state index in [1.165, 1.54) is 0 Å². The van der Waals surface area contributed by atoms with Crippen molar-refractivity contribution in [1.29, 1.82) is 0 Å². The summed E-state index contributed by atoms with van der Waals surface area (Å²) in [6.45, 7) is -1.18. The van der Waals surface area contributed by atoms with E-state index >= 15 is 0 Å². The lowest BCUT2D eigenvalue weighted by molar-refractivity contribution is -0.143. The second kappa shape index (κ2) is 16.2. The van der Waals surface area contributed by atoms with Gasteiger partial charge < -0.3 is 56.9 Å². The monoisotopic (exact) mass is 673 g/mol. The average molecular weight is 674 g/mol. The van der Waals surface area contributed by atoms with Gasteiger partial charge in [0.1, 0.15) is 24.2 Å². The molecule has 0 saturated carbocycles. The van der Waals surface area contributed by atoms with Gasteiger partial charge in [-0.05, 0) is 31.0 Å². The number of likely N-dealkylation sites (tertiary alicyclic amines) is 1. The number of carboxylic acid groups (broad SMARTS) is 2. The lowest BCUT2D eigenvalue weighted by atomic mass is 10.0. The maximum Gasteiger partial charge on any atom is 0.326 e. The molecule has 1 aromatic carbocycles. The van der Waals surface area contributed by atoms with Crippen LogP contribution in [0.25, 0.3) is 10.9 Å². The van der Waals surface area contributed by atoms with Crippen molar-refractivity contribution in [3.8, 4) is 0 Å². The molecule has 48 heavy (non-hydrogen) atoms. The minimum atomic E-state index is -1.70. The summed E-state index contributed by atoms with van der Waals surface area (Å²) in [6, 6.07) is 0.747. The molecule has 10 N–H and O–H groups in total. The minimum Gasteiger partial charge on any atom is -0.481 e. The predicted molar refractivity (Wildman–Crippen MR) is 165 cm³/mol. The van der Waals surface area contributed by atoms with Crippen LogP contribution in [0.1, 0.15) is 31.2 Å². The molecule has 0 spiro atoms. The van der Waals surface area contributed by atoms with Gasteiger partial charge in [-0.25, -0.2) is 4.79 Å². The number of carbonyl (C=O) groups is 7. The van der Waals surface area contributed by atoms with Gasteiger partial charge in [-0.3, -0.25) is 28.8 Å². The van der Waals surface area contributed by atoms with E-state index in [0.717, 1.165) is 22.2 Å². The first kappa shape index (κ1) is 35.8. The van der Waals surface area contributed by atoms with Gasteiger partial charge in [0, 0.05) is 36.5 Å². The highest BCUT2D eigenvalue weighted by Crippen LogP contribution is 2.21. The average Bonchev–Trinajstić information content (AvgIpc) is 3.82. The van der Waals surface area contributed by atoms with Crippen molar-refractivity contribution in [3.05, 3.63) is 36.0 Å². The molecule has 0 radical (unpaired) electrons. The van der Waals surface area contributed by atoms with Crippen molar-refractivity contribution in [2.24, 2.45) is 0 Å². The van der Waals surface area contributed by atoms with Crippen LogP contribution in [0.15, 0.2) is 30.5 Å². The van der Waals surface area contributed by atoms with E-state index in [4.69, 9.17) is 0 Å². The Morgan fingerprint density at radius 3 is 2.38 bits per heavy atom. The number of carbonyl (C=O) groups excluding carboxylic acids is 5. The third kappa shape index (κ3) is 9.05. The van der Waals surface area contributed by atoms with Crippen LogP contribution < -0.4 is 26.6 Å². The number of aromatic nitrogens is 1. The summed E-state index contributed by atoms with van der Waals surface area (Å²) >= 11 is 0. The number of hydrogen-bond acceptors (Lipinski definition) is 10. The number of amides is 5. The molecule has 2 aliphatic heterocycles. The van der Waals surface area contributed by atoms with Gasteiger partial charge in [0.15, 0.2) is 0 Å². The minimum absolute atomic E-state index is 0.143. The number of carboxylic acids is 2. The highest BCUT2D eigenvalue weighted by Gasteiger charge is 2.42. The fourth-order valence-electron chi connectivity index (χ4n) is 5.78. The standard InChI is InChI=1S/C30H39N7O11/c38-14-22(36-26(43)19-6-3-7-31-19)29(46)37-13-16(39)9-23(37)28(45)33-12-24(40)34-20(10-25(41)42)27(44)35-21(30(47)48)8-15-11-32-18-5-2-1-4-17(15)18/h1-2,4-5,11,16,19-23,31-32,38-39H,3,6-10,12-14H2,(H,33,45)(H,34,40)(H,35,44)(H,36,43)(H,41,42)(H,47,48)/t16-,19+,20+,21+,22+,23+/m1/s1. The molecular weight excluding hydrogens is 634 g/mol. The molecule has 0 unspecified atom stereocenters. The van der Waals surface area contributed by atoms with Crippen LogP contribution in [-0.4, -0.2) is 134 Å². The number of H-pyrrole nitrogens is 1. The maximum atomic E-state index is 13.2. The Labute approximate surface area is 273 Å². The lowest BCUT2D eigenvalue weighted by Crippen LogP contribution is -2.57. The molecule has 4 rings (SSSR count). The normalized spacial score (nSPS) is 20.8. The molecule has 3 heterocycles. The summed E-state index contributed by atoms with van der Waals surface area (Å²) in [5.41, 5.74) is 1.33. The SMILES string of the molecule is O=C(O)C[C@H](NC(=O)CNC(=O)[C@@H]1C[C@@H](O)CN1C(=O)[C@H](CO)NC(=O)[C@@H]1CCCN1)C(=O)N[C@@H](Cc1c[nH]c2ccccc12)C(=O)O. The van der Waals surface area contributed by atoms with Gasteiger partial charge in [-0.2, -0.15) is 0 Å². The molecule has 5 amide bonds. The number of hydrogen-bond donors (Lipinski definition) is 10. The zero-order valence-corrected chi connectivity index (χ0v) is 25.8. The topological polar surface area (TPSA) is 280 Å². The molecule has 6 atom stereocenters. The molecule has 2 aromatic rings. The second-order valence-electron chi connectivity index (χ2n) is 11.7. The number of aliphatic hydroxyl groups is 2. The second-order valence-corrected chi connectivity index (χ2v) is 11.7. The van der Waals surface area contributed by atoms with Crippen molar-refractivity contribution < 1.29 is 54.0 Å². The van der Waals surface area contributed by atoms with Crippen molar-refractivity contribution >= 4 is 52.4 Å². The summed E-state index contributed by atoms with van der Waals surface area (Å²) in [4.78, 5) is 91.8. The van der Waals surface area contributed by atoms with Crippen molar-refractivity contribution in [3.63, 3.8) is 0 Å². The molecule has 260 valence electrons. The van der Waals surface area contributed by atoms with Gasteiger partial charge in [-0.15, -0.1) is 0 Å². The zero-order chi connectivity index (χ0) is 35.0. The molecule has 2 fully saturated rings. The van der Waals surface area contributed by atoms with Crippen LogP contribution >= 0.6 is 0 Å². The van der Waals surface area contributed by atoms with Gasteiger partial charge >= 0.3 is 11.9 Å². The van der Waals surface area contributed by atoms with Gasteiger partial charge in [-0.1, -0.05) is 18.2 Å². The first-order valence-electron chi connectivity index (χ1n) is 15.4. The van der Waals surface area contributed by atoms with Gasteiger partial charge in [0.25, 0.3) is 0 Å². The van der Waals surface area contributed by atoms with Crippen LogP contribution in [0.4, 0.5) is 0 Å². The van der Waals surface area contributed by atoms with Crippen molar-refractivity contribution in [2.75, 3.05) is 26.2 Å². The van der Waals surface area contributed by atoms with E-state index in [1.54, 1.807) is 30.5 Å². The summed E-state index contributed by atoms with van der Waals surface area (Å²) in [5, 5.41) is 52.0. The number of β-amino-alcohol motifs (C(OH)–C–C–N with tert-alkyl or cyclic N) is 1. The first-order chi connectivity index (χ1) is 22.9. The number of para-hydroxylation sites is 1. The highest BCUT2D eigenvalue weighted by molar-refractivity contribution is 5.96. The largest absolute Gasteiger partial charge is 0.481 e. The van der Waals surface area contributed by atoms with E-state index in [0.29, 0.717) is 18.5 Å². The van der Waals surface area contributed by atoms with Crippen molar-refractivity contribution in [1.82, 2.24) is 36.5 Å². The summed E-state index contributed by atoms with van der Waals surface area (Å²) < 4.78 is 0. The Balaban J connectivity index is 1.34. The molecule has 0 bridgehead atoms. The Morgan fingerprint density at radius 2 is 1.71 bits per heavy atom. The number of aliphatic hydroxyl groups excluding tert-OH is 2. The third-order valence-electron chi connectivity index (χ3n) is 8.21. The predicted octanol–water partition coefficient (Wildman–Crippen LogP) is -3.45. The molecule has 18 heteroatoms. The Morgan fingerprint density at radius 1 is 0.958 bits per heavy atom. The molecule has 2 saturated heterocycles. The van der Waals surface area contributed by atoms with E-state index < -0.39 is 97.4 Å². The summed E-state index contributed by atoms with van der Waals surface area (Å²) in [6.07, 6.45) is 0.557. The van der Waals surface area contributed by atoms with Crippen molar-refractivity contribution in [2.45, 2.75) is 68.4 Å². The van der Waals surface area contributed by atoms with Gasteiger partial charge in [0.2, 0.25) is 29.5 Å². The Kier molecular flexibility index (Phi) is 12.0. The Bertz CT molecular complexity index is 1540.